The standard InChI is InChI=1S/C31H47FN3O19P/c1-9-43-27(40)47-17-51-55(42,52-18-48-28(41)44-10-2)50-14-31(13-32)23-30(8,49-16-46-23)24(53-31)34-12-11-20(36)35(26(34)39)15-45-22(37)21(19(3)4)33-25(38)54-29(5,6)7/h11-12,19,21,23-24H,9-10,13-18H2,1-8H3,(H,33,38). The summed E-state index contributed by atoms with van der Waals surface area (Å²) in [7, 11) is -4.91. The molecule has 1 aromatic rings. The Hall–Kier alpha value is -4.12. The van der Waals surface area contributed by atoms with E-state index in [9.17, 15) is 33.3 Å². The summed E-state index contributed by atoms with van der Waals surface area (Å²) in [5.74, 6) is -1.48. The highest BCUT2D eigenvalue weighted by atomic mass is 31.2. The number of rotatable bonds is 18. The number of esters is 1. The molecule has 2 aliphatic heterocycles. The Bertz CT molecular complexity index is 1650. The van der Waals surface area contributed by atoms with Crippen LogP contribution in [-0.4, -0.2) is 109 Å². The summed E-state index contributed by atoms with van der Waals surface area (Å²) in [5.41, 5.74) is -6.75. The molecule has 55 heavy (non-hydrogen) atoms. The summed E-state index contributed by atoms with van der Waals surface area (Å²) in [4.78, 5) is 75.2. The first-order valence-electron chi connectivity index (χ1n) is 16.8. The minimum absolute atomic E-state index is 0.0612. The summed E-state index contributed by atoms with van der Waals surface area (Å²) in [5, 5.41) is 2.41. The minimum Gasteiger partial charge on any atom is -0.444 e. The van der Waals surface area contributed by atoms with Crippen LogP contribution in [0.4, 0.5) is 18.8 Å². The Labute approximate surface area is 314 Å². The van der Waals surface area contributed by atoms with Gasteiger partial charge >= 0.3 is 37.9 Å². The molecule has 1 aromatic heterocycles. The van der Waals surface area contributed by atoms with Gasteiger partial charge < -0.3 is 47.9 Å². The number of ether oxygens (including phenoxy) is 9. The van der Waals surface area contributed by atoms with E-state index in [-0.39, 0.29) is 13.2 Å². The lowest BCUT2D eigenvalue weighted by Gasteiger charge is -2.31. The van der Waals surface area contributed by atoms with E-state index in [1.807, 2.05) is 0 Å². The number of alkyl halides is 1. The third kappa shape index (κ3) is 11.7. The average Bonchev–Trinajstić information content (AvgIpc) is 3.60. The second-order valence-electron chi connectivity index (χ2n) is 13.3. The first-order valence-corrected chi connectivity index (χ1v) is 18.3. The van der Waals surface area contributed by atoms with Gasteiger partial charge in [0.1, 0.15) is 36.8 Å². The molecular weight excluding hydrogens is 768 g/mol. The number of carbonyl (C=O) groups excluding carboxylic acids is 4. The zero-order valence-electron chi connectivity index (χ0n) is 31.6. The molecule has 2 fully saturated rings. The fourth-order valence-electron chi connectivity index (χ4n) is 5.21. The van der Waals surface area contributed by atoms with Crippen molar-refractivity contribution in [1.29, 1.82) is 0 Å². The quantitative estimate of drug-likeness (QED) is 0.0967. The maximum absolute atomic E-state index is 15.2. The predicted molar refractivity (Wildman–Crippen MR) is 179 cm³/mol. The molecule has 0 aromatic carbocycles. The maximum Gasteiger partial charge on any atom is 0.510 e. The van der Waals surface area contributed by atoms with Crippen LogP contribution in [-0.2, 0) is 72.3 Å². The fraction of sp³-hybridized carbons (Fsp3) is 0.742. The van der Waals surface area contributed by atoms with Crippen LogP contribution in [0.15, 0.2) is 21.9 Å². The molecule has 5 atom stereocenters. The van der Waals surface area contributed by atoms with Crippen molar-refractivity contribution < 1.29 is 84.3 Å². The van der Waals surface area contributed by atoms with E-state index in [0.29, 0.717) is 4.57 Å². The van der Waals surface area contributed by atoms with Gasteiger partial charge in [0.05, 0.1) is 19.8 Å². The van der Waals surface area contributed by atoms with Crippen LogP contribution in [0.1, 0.15) is 61.6 Å². The minimum atomic E-state index is -4.91. The number of phosphoric acid groups is 1. The molecule has 1 amide bonds. The summed E-state index contributed by atoms with van der Waals surface area (Å²) in [6, 6.07) is -0.276. The van der Waals surface area contributed by atoms with E-state index in [1.54, 1.807) is 34.6 Å². The second kappa shape index (κ2) is 19.2. The zero-order chi connectivity index (χ0) is 41.2. The van der Waals surface area contributed by atoms with Gasteiger partial charge in [-0.2, -0.15) is 0 Å². The van der Waals surface area contributed by atoms with Crippen molar-refractivity contribution in [1.82, 2.24) is 14.5 Å². The lowest BCUT2D eigenvalue weighted by atomic mass is 9.88. The van der Waals surface area contributed by atoms with Crippen LogP contribution in [0.5, 0.6) is 0 Å². The first kappa shape index (κ1) is 45.3. The van der Waals surface area contributed by atoms with E-state index in [0.717, 1.165) is 16.8 Å². The molecule has 2 aliphatic rings. The van der Waals surface area contributed by atoms with E-state index >= 15 is 4.39 Å². The maximum atomic E-state index is 15.2. The molecule has 0 bridgehead atoms. The lowest BCUT2D eigenvalue weighted by molar-refractivity contribution is -0.180. The summed E-state index contributed by atoms with van der Waals surface area (Å²) in [6.07, 6.45) is -5.22. The van der Waals surface area contributed by atoms with Crippen molar-refractivity contribution in [2.24, 2.45) is 5.92 Å². The second-order valence-corrected chi connectivity index (χ2v) is 14.9. The smallest absolute Gasteiger partial charge is 0.444 e. The molecule has 3 heterocycles. The van der Waals surface area contributed by atoms with Crippen LogP contribution >= 0.6 is 7.82 Å². The van der Waals surface area contributed by atoms with E-state index < -0.39 is 125 Å². The van der Waals surface area contributed by atoms with Crippen LogP contribution in [0.25, 0.3) is 0 Å². The van der Waals surface area contributed by atoms with Crippen molar-refractivity contribution >= 4 is 32.2 Å². The van der Waals surface area contributed by atoms with Crippen LogP contribution in [0, 0.1) is 5.92 Å². The molecule has 0 saturated carbocycles. The zero-order valence-corrected chi connectivity index (χ0v) is 32.5. The molecule has 22 nitrogen and oxygen atoms in total. The first-order chi connectivity index (χ1) is 25.7. The number of halogens is 1. The number of carbonyl (C=O) groups is 4. The molecule has 0 spiro atoms. The van der Waals surface area contributed by atoms with E-state index in [4.69, 9.17) is 37.3 Å². The molecule has 0 aliphatic carbocycles. The number of alkyl carbamates (subject to hydrolysis) is 1. The van der Waals surface area contributed by atoms with E-state index in [1.165, 1.54) is 20.8 Å². The van der Waals surface area contributed by atoms with Gasteiger partial charge in [0, 0.05) is 12.3 Å². The molecule has 2 saturated heterocycles. The number of nitrogens with one attached hydrogen (secondary N) is 1. The van der Waals surface area contributed by atoms with Crippen molar-refractivity contribution in [3.63, 3.8) is 0 Å². The van der Waals surface area contributed by atoms with Crippen LogP contribution < -0.4 is 16.6 Å². The molecule has 3 rings (SSSR count). The number of amides is 1. The van der Waals surface area contributed by atoms with Gasteiger partial charge in [-0.3, -0.25) is 13.9 Å². The summed E-state index contributed by atoms with van der Waals surface area (Å²) in [6.45, 7) is 6.56. The summed E-state index contributed by atoms with van der Waals surface area (Å²) < 4.78 is 91.9. The Morgan fingerprint density at radius 2 is 1.60 bits per heavy atom. The normalized spacial score (nSPS) is 22.7. The van der Waals surface area contributed by atoms with Crippen molar-refractivity contribution in [2.75, 3.05) is 46.9 Å². The predicted octanol–water partition coefficient (Wildman–Crippen LogP) is 2.85. The third-order valence-electron chi connectivity index (χ3n) is 7.71. The van der Waals surface area contributed by atoms with Crippen molar-refractivity contribution in [3.8, 4) is 0 Å². The molecule has 24 heteroatoms. The highest BCUT2D eigenvalue weighted by Gasteiger charge is 2.68. The fourth-order valence-corrected chi connectivity index (χ4v) is 6.17. The topological polar surface area (TPSA) is 252 Å². The number of phosphoric ester groups is 1. The van der Waals surface area contributed by atoms with Gasteiger partial charge in [-0.05, 0) is 47.5 Å². The SMILES string of the molecule is CCOC(=O)OCOP(=O)(OCOC(=O)OCC)OCC1(CF)OC(n2ccc(=O)n(COC(=O)C(NC(=O)OC(C)(C)C)C(C)C)c2=O)C2(C)OCOC12. The number of nitrogens with zero attached hydrogens (tertiary/aromatic N) is 2. The Balaban J connectivity index is 1.86. The number of fused-ring (bicyclic) bond motifs is 1. The molecule has 5 unspecified atom stereocenters. The number of aromatic nitrogens is 2. The van der Waals surface area contributed by atoms with Gasteiger partial charge in [0.25, 0.3) is 5.56 Å². The lowest BCUT2D eigenvalue weighted by Crippen LogP contribution is -2.52. The average molecular weight is 816 g/mol. The summed E-state index contributed by atoms with van der Waals surface area (Å²) >= 11 is 0. The molecular formula is C31H47FN3O19P. The molecule has 1 N–H and O–H groups in total. The van der Waals surface area contributed by atoms with Gasteiger partial charge in [0.2, 0.25) is 13.6 Å². The van der Waals surface area contributed by atoms with Crippen molar-refractivity contribution in [2.45, 2.75) is 97.3 Å². The third-order valence-corrected chi connectivity index (χ3v) is 9.00. The van der Waals surface area contributed by atoms with Crippen molar-refractivity contribution in [3.05, 3.63) is 33.1 Å². The monoisotopic (exact) mass is 815 g/mol. The van der Waals surface area contributed by atoms with Gasteiger partial charge in [0.15, 0.2) is 18.6 Å². The molecule has 312 valence electrons. The highest BCUT2D eigenvalue weighted by molar-refractivity contribution is 7.48. The van der Waals surface area contributed by atoms with Crippen LogP contribution in [0.2, 0.25) is 0 Å². The van der Waals surface area contributed by atoms with Gasteiger partial charge in [-0.25, -0.2) is 46.5 Å². The Kier molecular flexibility index (Phi) is 15.8. The van der Waals surface area contributed by atoms with E-state index in [2.05, 4.69) is 24.3 Å². The molecule has 0 radical (unpaired) electrons. The largest absolute Gasteiger partial charge is 0.510 e. The number of hydrogen-bond acceptors (Lipinski definition) is 19. The highest BCUT2D eigenvalue weighted by Crippen LogP contribution is 2.55. The van der Waals surface area contributed by atoms with Gasteiger partial charge in [-0.15, -0.1) is 0 Å². The Morgan fingerprint density at radius 3 is 2.13 bits per heavy atom. The number of hydrogen-bond donors (Lipinski definition) is 1. The van der Waals surface area contributed by atoms with Gasteiger partial charge in [-0.1, -0.05) is 13.8 Å². The van der Waals surface area contributed by atoms with Crippen LogP contribution in [0.3, 0.4) is 0 Å². The Morgan fingerprint density at radius 1 is 1.00 bits per heavy atom.